The van der Waals surface area contributed by atoms with E-state index in [1.165, 1.54) is 24.0 Å². The number of ether oxygens (including phenoxy) is 2. The van der Waals surface area contributed by atoms with Crippen LogP contribution < -0.4 is 9.47 Å². The van der Waals surface area contributed by atoms with Crippen LogP contribution in [-0.2, 0) is 20.7 Å². The van der Waals surface area contributed by atoms with Crippen molar-refractivity contribution in [1.29, 1.82) is 0 Å². The van der Waals surface area contributed by atoms with Gasteiger partial charge in [-0.25, -0.2) is 8.42 Å². The van der Waals surface area contributed by atoms with Crippen molar-refractivity contribution in [3.8, 4) is 11.5 Å². The molecule has 0 aromatic heterocycles. The second-order valence-electron chi connectivity index (χ2n) is 18.7. The highest BCUT2D eigenvalue weighted by molar-refractivity contribution is 7.94. The first-order chi connectivity index (χ1) is 28.8. The van der Waals surface area contributed by atoms with E-state index in [0.717, 1.165) is 38.5 Å². The predicted octanol–water partition coefficient (Wildman–Crippen LogP) is 6.29. The van der Waals surface area contributed by atoms with E-state index in [2.05, 4.69) is 41.5 Å². The molecule has 0 aliphatic rings. The summed E-state index contributed by atoms with van der Waals surface area (Å²) in [6, 6.07) is 15.6. The lowest BCUT2D eigenvalue weighted by molar-refractivity contribution is 0.0389. The maximum atomic E-state index is 15.6. The van der Waals surface area contributed by atoms with E-state index in [1.54, 1.807) is 0 Å². The molecule has 0 fully saturated rings. The van der Waals surface area contributed by atoms with Crippen LogP contribution in [-0.4, -0.2) is 123 Å². The van der Waals surface area contributed by atoms with Crippen LogP contribution >= 0.6 is 0 Å². The highest BCUT2D eigenvalue weighted by atomic mass is 32.2. The van der Waals surface area contributed by atoms with E-state index in [1.807, 2.05) is 48.5 Å². The van der Waals surface area contributed by atoms with Gasteiger partial charge in [-0.05, 0) is 110 Å². The third-order valence-corrected chi connectivity index (χ3v) is 15.9. The second kappa shape index (κ2) is 26.5. The van der Waals surface area contributed by atoms with Crippen molar-refractivity contribution in [3.05, 3.63) is 59.7 Å². The van der Waals surface area contributed by atoms with Gasteiger partial charge in [0.15, 0.2) is 9.84 Å². The van der Waals surface area contributed by atoms with Crippen molar-refractivity contribution < 1.29 is 58.7 Å². The van der Waals surface area contributed by atoms with E-state index in [4.69, 9.17) is 9.47 Å². The molecule has 2 rings (SSSR count). The SMILES string of the molecule is CCCCCC(C)(C)c1ccc(OCCCC(CC(O)CO)(CC(O)CO)S(=O)(=O)C(CCCOc2ccc(C(C)(C)CCCCC)cc2)(CC(O)CO)CC(O)CO)cc1. The van der Waals surface area contributed by atoms with Crippen molar-refractivity contribution in [3.63, 3.8) is 0 Å². The molecule has 0 heterocycles. The van der Waals surface area contributed by atoms with Crippen LogP contribution in [0.4, 0.5) is 0 Å². The minimum atomic E-state index is -4.76. The van der Waals surface area contributed by atoms with Gasteiger partial charge in [-0.15, -0.1) is 0 Å². The van der Waals surface area contributed by atoms with Gasteiger partial charge in [-0.1, -0.05) is 104 Å². The average Bonchev–Trinajstić information content (AvgIpc) is 3.23. The Kier molecular flexibility index (Phi) is 23.8. The minimum Gasteiger partial charge on any atom is -0.494 e. The van der Waals surface area contributed by atoms with Crippen LogP contribution in [0.5, 0.6) is 11.5 Å². The average molecular weight is 883 g/mol. The fourth-order valence-corrected chi connectivity index (χ4v) is 12.2. The summed E-state index contributed by atoms with van der Waals surface area (Å²) in [7, 11) is -4.76. The number of sulfone groups is 1. The Morgan fingerprint density at radius 2 is 0.770 bits per heavy atom. The molecule has 2 aromatic carbocycles. The Bertz CT molecular complexity index is 1440. The molecule has 12 nitrogen and oxygen atoms in total. The Hall–Kier alpha value is -2.33. The highest BCUT2D eigenvalue weighted by Gasteiger charge is 2.57. The lowest BCUT2D eigenvalue weighted by atomic mass is 9.80. The summed E-state index contributed by atoms with van der Waals surface area (Å²) in [5.41, 5.74) is 2.29. The summed E-state index contributed by atoms with van der Waals surface area (Å²) in [4.78, 5) is 0. The van der Waals surface area contributed by atoms with Crippen molar-refractivity contribution in [1.82, 2.24) is 0 Å². The van der Waals surface area contributed by atoms with Crippen LogP contribution in [0, 0.1) is 0 Å². The molecule has 0 radical (unpaired) electrons. The fraction of sp³-hybridized carbons (Fsp3) is 0.750. The first-order valence-electron chi connectivity index (χ1n) is 22.7. The van der Waals surface area contributed by atoms with Gasteiger partial charge >= 0.3 is 0 Å². The van der Waals surface area contributed by atoms with E-state index >= 15 is 8.42 Å². The quantitative estimate of drug-likeness (QED) is 0.0365. The summed E-state index contributed by atoms with van der Waals surface area (Å²) in [5.74, 6) is 1.15. The second-order valence-corrected chi connectivity index (χ2v) is 21.4. The van der Waals surface area contributed by atoms with Gasteiger partial charge < -0.3 is 50.3 Å². The zero-order valence-corrected chi connectivity index (χ0v) is 38.9. The fourth-order valence-electron chi connectivity index (χ4n) is 8.81. The monoisotopic (exact) mass is 883 g/mol. The van der Waals surface area contributed by atoms with Crippen molar-refractivity contribution in [2.45, 2.75) is 189 Å². The zero-order valence-electron chi connectivity index (χ0n) is 38.1. The molecule has 4 unspecified atom stereocenters. The molecule has 0 aliphatic carbocycles. The van der Waals surface area contributed by atoms with Crippen LogP contribution in [0.15, 0.2) is 48.5 Å². The standard InChI is InChI=1S/C48H82O12S/c1-7-9-11-23-45(3,4)37-15-19-43(20-16-37)59-27-13-25-47(29-39(53)33-49,30-40(54)34-50)61(57,58)48(31-41(55)35-51,32-42(56)36-52)26-14-28-60-44-21-17-38(18-22-44)46(5,6)24-12-10-8-2/h15-22,39-42,49-56H,7-14,23-36H2,1-6H3. The van der Waals surface area contributed by atoms with E-state index in [-0.39, 0.29) is 49.7 Å². The molecule has 4 atom stereocenters. The van der Waals surface area contributed by atoms with Crippen molar-refractivity contribution >= 4 is 9.84 Å². The molecule has 2 aromatic rings. The molecule has 8 N–H and O–H groups in total. The molecule has 0 bridgehead atoms. The first-order valence-corrected chi connectivity index (χ1v) is 24.2. The number of unbranched alkanes of at least 4 members (excludes halogenated alkanes) is 4. The molecule has 61 heavy (non-hydrogen) atoms. The van der Waals surface area contributed by atoms with Crippen LogP contribution in [0.3, 0.4) is 0 Å². The van der Waals surface area contributed by atoms with Gasteiger partial charge in [0.1, 0.15) is 11.5 Å². The van der Waals surface area contributed by atoms with Gasteiger partial charge in [0.2, 0.25) is 0 Å². The molecule has 0 amide bonds. The predicted molar refractivity (Wildman–Crippen MR) is 242 cm³/mol. The summed E-state index contributed by atoms with van der Waals surface area (Å²) >= 11 is 0. The summed E-state index contributed by atoms with van der Waals surface area (Å²) in [5, 5.41) is 83.9. The largest absolute Gasteiger partial charge is 0.494 e. The van der Waals surface area contributed by atoms with Gasteiger partial charge in [-0.2, -0.15) is 0 Å². The number of hydrogen-bond acceptors (Lipinski definition) is 12. The lowest BCUT2D eigenvalue weighted by Crippen LogP contribution is -2.58. The Morgan fingerprint density at radius 1 is 0.475 bits per heavy atom. The van der Waals surface area contributed by atoms with Crippen LogP contribution in [0.1, 0.15) is 155 Å². The molecule has 0 saturated heterocycles. The minimum absolute atomic E-state index is 0.0229. The van der Waals surface area contributed by atoms with Gasteiger partial charge in [0.25, 0.3) is 0 Å². The van der Waals surface area contributed by atoms with E-state index in [0.29, 0.717) is 11.5 Å². The van der Waals surface area contributed by atoms with E-state index in [9.17, 15) is 40.9 Å². The number of benzene rings is 2. The Morgan fingerprint density at radius 3 is 1.03 bits per heavy atom. The Balaban J connectivity index is 2.49. The molecule has 0 spiro atoms. The number of aliphatic hydroxyl groups is 8. The van der Waals surface area contributed by atoms with Crippen LogP contribution in [0.2, 0.25) is 0 Å². The smallest absolute Gasteiger partial charge is 0.162 e. The number of hydrogen-bond donors (Lipinski definition) is 8. The molecular weight excluding hydrogens is 801 g/mol. The third-order valence-electron chi connectivity index (χ3n) is 12.6. The first kappa shape index (κ1) is 54.8. The lowest BCUT2D eigenvalue weighted by Gasteiger charge is -2.46. The summed E-state index contributed by atoms with van der Waals surface area (Å²) < 4.78 is 39.3. The topological polar surface area (TPSA) is 214 Å². The normalized spacial score (nSPS) is 16.6. The number of aliphatic hydroxyl groups excluding tert-OH is 8. The van der Waals surface area contributed by atoms with Gasteiger partial charge in [0, 0.05) is 0 Å². The van der Waals surface area contributed by atoms with Gasteiger partial charge in [-0.3, -0.25) is 0 Å². The molecular formula is C48H82O12S. The zero-order chi connectivity index (χ0) is 45.7. The summed E-state index contributed by atoms with van der Waals surface area (Å²) in [6.07, 6.45) is 0.364. The number of rotatable bonds is 34. The molecule has 352 valence electrons. The summed E-state index contributed by atoms with van der Waals surface area (Å²) in [6.45, 7) is 10.1. The van der Waals surface area contributed by atoms with Crippen molar-refractivity contribution in [2.24, 2.45) is 0 Å². The van der Waals surface area contributed by atoms with Gasteiger partial charge in [0.05, 0.1) is 73.6 Å². The van der Waals surface area contributed by atoms with E-state index < -0.39 is 95.9 Å². The van der Waals surface area contributed by atoms with Crippen molar-refractivity contribution in [2.75, 3.05) is 39.6 Å². The molecule has 13 heteroatoms. The maximum Gasteiger partial charge on any atom is 0.162 e. The maximum absolute atomic E-state index is 15.6. The van der Waals surface area contributed by atoms with Crippen LogP contribution in [0.25, 0.3) is 0 Å². The molecule has 0 aliphatic heterocycles. The Labute approximate surface area is 367 Å². The highest BCUT2D eigenvalue weighted by Crippen LogP contribution is 2.47. The molecule has 0 saturated carbocycles. The third kappa shape index (κ3) is 16.6.